The van der Waals surface area contributed by atoms with Crippen LogP contribution >= 0.6 is 0 Å². The second-order valence-corrected chi connectivity index (χ2v) is 4.86. The Morgan fingerprint density at radius 2 is 1.40 bits per heavy atom. The molecule has 0 saturated heterocycles. The molecule has 0 aromatic heterocycles. The van der Waals surface area contributed by atoms with Crippen molar-refractivity contribution in [3.63, 3.8) is 0 Å². The first kappa shape index (κ1) is 12.3. The third-order valence-electron chi connectivity index (χ3n) is 2.75. The summed E-state index contributed by atoms with van der Waals surface area (Å²) >= 11 is 0. The van der Waals surface area contributed by atoms with E-state index in [2.05, 4.69) is 59.0 Å². The molecule has 0 saturated carbocycles. The molecule has 1 atom stereocenters. The Morgan fingerprint density at radius 1 is 0.933 bits per heavy atom. The molecule has 1 rings (SSSR count). The van der Waals surface area contributed by atoms with E-state index in [1.807, 2.05) is 0 Å². The molecule has 1 nitrogen and oxygen atoms in total. The Kier molecular flexibility index (Phi) is 3.92. The van der Waals surface area contributed by atoms with Crippen LogP contribution in [-0.2, 0) is 0 Å². The predicted molar refractivity (Wildman–Crippen MR) is 67.3 cm³/mol. The minimum atomic E-state index is 0.436. The van der Waals surface area contributed by atoms with Crippen molar-refractivity contribution in [1.29, 1.82) is 0 Å². The summed E-state index contributed by atoms with van der Waals surface area (Å²) in [6.45, 7) is 13.2. The highest BCUT2D eigenvalue weighted by Gasteiger charge is 2.12. The quantitative estimate of drug-likeness (QED) is 0.794. The van der Waals surface area contributed by atoms with Gasteiger partial charge in [0.25, 0.3) is 0 Å². The van der Waals surface area contributed by atoms with Crippen LogP contribution in [0.1, 0.15) is 49.1 Å². The highest BCUT2D eigenvalue weighted by molar-refractivity contribution is 5.39. The van der Waals surface area contributed by atoms with Crippen LogP contribution in [0.15, 0.2) is 12.1 Å². The summed E-state index contributed by atoms with van der Waals surface area (Å²) in [6.07, 6.45) is 0. The Balaban J connectivity index is 3.03. The van der Waals surface area contributed by atoms with Crippen molar-refractivity contribution in [3.8, 4) is 0 Å². The summed E-state index contributed by atoms with van der Waals surface area (Å²) in [7, 11) is 0. The van der Waals surface area contributed by atoms with Crippen LogP contribution in [0, 0.1) is 20.8 Å². The molecule has 0 fully saturated rings. The number of rotatable bonds is 3. The van der Waals surface area contributed by atoms with Gasteiger partial charge in [-0.1, -0.05) is 31.5 Å². The number of hydrogen-bond acceptors (Lipinski definition) is 1. The molecule has 1 aromatic carbocycles. The number of aryl methyl sites for hydroxylation is 3. The monoisotopic (exact) mass is 205 g/mol. The fraction of sp³-hybridized carbons (Fsp3) is 0.571. The molecule has 0 bridgehead atoms. The normalized spacial score (nSPS) is 13.3. The first-order chi connectivity index (χ1) is 6.91. The number of benzene rings is 1. The standard InChI is InChI=1S/C14H23N/c1-9(2)15-13(6)14-11(4)7-10(3)8-12(14)5/h7-9,13,15H,1-6H3. The van der Waals surface area contributed by atoms with Gasteiger partial charge in [-0.3, -0.25) is 0 Å². The van der Waals surface area contributed by atoms with E-state index in [1.165, 1.54) is 22.3 Å². The highest BCUT2D eigenvalue weighted by atomic mass is 14.9. The van der Waals surface area contributed by atoms with E-state index in [0.717, 1.165) is 0 Å². The molecule has 84 valence electrons. The lowest BCUT2D eigenvalue weighted by Crippen LogP contribution is -2.27. The number of nitrogens with one attached hydrogen (secondary N) is 1. The van der Waals surface area contributed by atoms with Crippen molar-refractivity contribution in [2.75, 3.05) is 0 Å². The Labute approximate surface area is 93.9 Å². The van der Waals surface area contributed by atoms with Gasteiger partial charge in [-0.25, -0.2) is 0 Å². The zero-order chi connectivity index (χ0) is 11.6. The average molecular weight is 205 g/mol. The predicted octanol–water partition coefficient (Wildman–Crippen LogP) is 3.67. The Hall–Kier alpha value is -0.820. The second-order valence-electron chi connectivity index (χ2n) is 4.86. The zero-order valence-corrected chi connectivity index (χ0v) is 10.8. The van der Waals surface area contributed by atoms with E-state index in [9.17, 15) is 0 Å². The zero-order valence-electron chi connectivity index (χ0n) is 10.8. The summed E-state index contributed by atoms with van der Waals surface area (Å²) in [5.74, 6) is 0. The van der Waals surface area contributed by atoms with Gasteiger partial charge in [0.1, 0.15) is 0 Å². The van der Waals surface area contributed by atoms with Gasteiger partial charge in [-0.05, 0) is 44.4 Å². The van der Waals surface area contributed by atoms with Crippen molar-refractivity contribution < 1.29 is 0 Å². The van der Waals surface area contributed by atoms with Crippen LogP contribution in [0.3, 0.4) is 0 Å². The second kappa shape index (κ2) is 4.80. The van der Waals surface area contributed by atoms with Gasteiger partial charge >= 0.3 is 0 Å². The maximum Gasteiger partial charge on any atom is 0.0299 e. The summed E-state index contributed by atoms with van der Waals surface area (Å²) in [4.78, 5) is 0. The Morgan fingerprint density at radius 3 is 1.80 bits per heavy atom. The molecular weight excluding hydrogens is 182 g/mol. The molecule has 0 radical (unpaired) electrons. The number of hydrogen-bond donors (Lipinski definition) is 1. The summed E-state index contributed by atoms with van der Waals surface area (Å²) in [5, 5.41) is 3.56. The molecule has 15 heavy (non-hydrogen) atoms. The van der Waals surface area contributed by atoms with Crippen LogP contribution < -0.4 is 5.32 Å². The fourth-order valence-electron chi connectivity index (χ4n) is 2.46. The van der Waals surface area contributed by atoms with Crippen molar-refractivity contribution >= 4 is 0 Å². The van der Waals surface area contributed by atoms with E-state index in [0.29, 0.717) is 12.1 Å². The minimum Gasteiger partial charge on any atom is -0.308 e. The van der Waals surface area contributed by atoms with Gasteiger partial charge in [-0.2, -0.15) is 0 Å². The van der Waals surface area contributed by atoms with Gasteiger partial charge in [0, 0.05) is 12.1 Å². The van der Waals surface area contributed by atoms with Gasteiger partial charge in [0.15, 0.2) is 0 Å². The van der Waals surface area contributed by atoms with Gasteiger partial charge in [0.05, 0.1) is 0 Å². The molecule has 0 amide bonds. The highest BCUT2D eigenvalue weighted by Crippen LogP contribution is 2.23. The van der Waals surface area contributed by atoms with E-state index >= 15 is 0 Å². The summed E-state index contributed by atoms with van der Waals surface area (Å²) < 4.78 is 0. The van der Waals surface area contributed by atoms with Crippen LogP contribution in [0.5, 0.6) is 0 Å². The van der Waals surface area contributed by atoms with E-state index < -0.39 is 0 Å². The van der Waals surface area contributed by atoms with Crippen molar-refractivity contribution in [1.82, 2.24) is 5.32 Å². The fourth-order valence-corrected chi connectivity index (χ4v) is 2.46. The van der Waals surface area contributed by atoms with Gasteiger partial charge < -0.3 is 5.32 Å². The molecule has 1 N–H and O–H groups in total. The average Bonchev–Trinajstić information content (AvgIpc) is 1.99. The third kappa shape index (κ3) is 3.07. The third-order valence-corrected chi connectivity index (χ3v) is 2.75. The molecule has 1 aromatic rings. The van der Waals surface area contributed by atoms with Crippen molar-refractivity contribution in [2.45, 2.75) is 53.6 Å². The van der Waals surface area contributed by atoms with Crippen LogP contribution in [0.25, 0.3) is 0 Å². The topological polar surface area (TPSA) is 12.0 Å². The molecule has 1 heteroatoms. The summed E-state index contributed by atoms with van der Waals surface area (Å²) in [6, 6.07) is 5.49. The SMILES string of the molecule is Cc1cc(C)c(C(C)NC(C)C)c(C)c1. The summed E-state index contributed by atoms with van der Waals surface area (Å²) in [5.41, 5.74) is 5.60. The van der Waals surface area contributed by atoms with Crippen molar-refractivity contribution in [3.05, 3.63) is 34.4 Å². The Bertz CT molecular complexity index is 316. The maximum atomic E-state index is 3.56. The molecular formula is C14H23N. The molecule has 1 unspecified atom stereocenters. The first-order valence-corrected chi connectivity index (χ1v) is 5.75. The first-order valence-electron chi connectivity index (χ1n) is 5.75. The molecule has 0 aliphatic heterocycles. The van der Waals surface area contributed by atoms with Crippen LogP contribution in [-0.4, -0.2) is 6.04 Å². The van der Waals surface area contributed by atoms with Gasteiger partial charge in [0.2, 0.25) is 0 Å². The van der Waals surface area contributed by atoms with Crippen LogP contribution in [0.2, 0.25) is 0 Å². The van der Waals surface area contributed by atoms with E-state index in [1.54, 1.807) is 0 Å². The maximum absolute atomic E-state index is 3.56. The largest absolute Gasteiger partial charge is 0.308 e. The van der Waals surface area contributed by atoms with E-state index in [-0.39, 0.29) is 0 Å². The van der Waals surface area contributed by atoms with Gasteiger partial charge in [-0.15, -0.1) is 0 Å². The smallest absolute Gasteiger partial charge is 0.0299 e. The molecule has 0 spiro atoms. The van der Waals surface area contributed by atoms with Crippen LogP contribution in [0.4, 0.5) is 0 Å². The molecule has 0 aliphatic carbocycles. The minimum absolute atomic E-state index is 0.436. The molecule has 0 heterocycles. The van der Waals surface area contributed by atoms with E-state index in [4.69, 9.17) is 0 Å². The molecule has 0 aliphatic rings. The lowest BCUT2D eigenvalue weighted by molar-refractivity contribution is 0.503. The lowest BCUT2D eigenvalue weighted by atomic mass is 9.94. The lowest BCUT2D eigenvalue weighted by Gasteiger charge is -2.21. The van der Waals surface area contributed by atoms with Crippen molar-refractivity contribution in [2.24, 2.45) is 0 Å².